The molecule has 3 aromatic rings. The van der Waals surface area contributed by atoms with E-state index in [2.05, 4.69) is 36.4 Å². The zero-order chi connectivity index (χ0) is 19.8. The Hall–Kier alpha value is -3.11. The lowest BCUT2D eigenvalue weighted by Gasteiger charge is -2.15. The van der Waals surface area contributed by atoms with Gasteiger partial charge in [0.15, 0.2) is 11.5 Å². The van der Waals surface area contributed by atoms with Gasteiger partial charge in [0.25, 0.3) is 0 Å². The van der Waals surface area contributed by atoms with Crippen molar-refractivity contribution in [2.75, 3.05) is 6.79 Å². The number of fused-ring (bicyclic) bond motifs is 1. The molecule has 1 heterocycles. The van der Waals surface area contributed by atoms with E-state index >= 15 is 0 Å². The van der Waals surface area contributed by atoms with Crippen molar-refractivity contribution in [3.63, 3.8) is 0 Å². The van der Waals surface area contributed by atoms with Crippen molar-refractivity contribution < 1.29 is 15.7 Å². The molecule has 0 radical (unpaired) electrons. The van der Waals surface area contributed by atoms with Gasteiger partial charge in [-0.05, 0) is 58.9 Å². The van der Waals surface area contributed by atoms with Gasteiger partial charge in [0.05, 0.1) is 5.41 Å². The van der Waals surface area contributed by atoms with Crippen LogP contribution in [0.1, 0.15) is 31.0 Å². The number of Topliss-reactive ketones (excluding diaryl/α,β-unsaturated/α-hetero) is 1. The van der Waals surface area contributed by atoms with Gasteiger partial charge in [0.2, 0.25) is 6.79 Å². The molecule has 4 nitrogen and oxygen atoms in total. The summed E-state index contributed by atoms with van der Waals surface area (Å²) in [5, 5.41) is 0. The first-order chi connectivity index (χ1) is 14.2. The predicted molar refractivity (Wildman–Crippen MR) is 114 cm³/mol. The van der Waals surface area contributed by atoms with Gasteiger partial charge in [-0.15, -0.1) is 0 Å². The first-order valence-corrected chi connectivity index (χ1v) is 10.00. The van der Waals surface area contributed by atoms with Crippen molar-refractivity contribution in [2.24, 2.45) is 5.73 Å². The third kappa shape index (κ3) is 3.30. The summed E-state index contributed by atoms with van der Waals surface area (Å²) < 4.78 is 10.9. The Labute approximate surface area is 171 Å². The maximum atomic E-state index is 13.1. The molecule has 0 aromatic heterocycles. The van der Waals surface area contributed by atoms with Crippen LogP contribution in [-0.4, -0.2) is 12.6 Å². The van der Waals surface area contributed by atoms with Crippen LogP contribution < -0.4 is 15.2 Å². The van der Waals surface area contributed by atoms with E-state index in [1.54, 1.807) is 0 Å². The Bertz CT molecular complexity index is 1070. The quantitative estimate of drug-likeness (QED) is 0.670. The van der Waals surface area contributed by atoms with Crippen molar-refractivity contribution in [1.82, 2.24) is 0 Å². The Morgan fingerprint density at radius 1 is 0.897 bits per heavy atom. The summed E-state index contributed by atoms with van der Waals surface area (Å²) in [7, 11) is 0. The molecule has 2 N–H and O–H groups in total. The summed E-state index contributed by atoms with van der Waals surface area (Å²) in [6.07, 6.45) is 2.24. The second-order valence-corrected chi connectivity index (χ2v) is 7.85. The molecule has 2 aliphatic rings. The predicted octanol–water partition coefficient (Wildman–Crippen LogP) is 4.63. The van der Waals surface area contributed by atoms with E-state index in [1.165, 1.54) is 0 Å². The third-order valence-corrected chi connectivity index (χ3v) is 6.02. The fourth-order valence-electron chi connectivity index (χ4n) is 4.10. The molecule has 0 amide bonds. The van der Waals surface area contributed by atoms with Crippen molar-refractivity contribution in [1.29, 1.82) is 0 Å². The number of nitrogens with two attached hydrogens (primary N) is 1. The summed E-state index contributed by atoms with van der Waals surface area (Å²) in [5.74, 6) is 1.77. The molecule has 1 fully saturated rings. The highest BCUT2D eigenvalue weighted by molar-refractivity contribution is 5.94. The van der Waals surface area contributed by atoms with E-state index in [0.717, 1.165) is 52.2 Å². The molecule has 1 aliphatic heterocycles. The van der Waals surface area contributed by atoms with Crippen LogP contribution in [-0.2, 0) is 23.2 Å². The van der Waals surface area contributed by atoms with Crippen LogP contribution in [0.4, 0.5) is 0 Å². The molecule has 0 spiro atoms. The summed E-state index contributed by atoms with van der Waals surface area (Å²) in [5.41, 5.74) is 10.9. The van der Waals surface area contributed by atoms with E-state index in [-0.39, 0.29) is 19.4 Å². The van der Waals surface area contributed by atoms with Gasteiger partial charge in [0, 0.05) is 14.4 Å². The van der Waals surface area contributed by atoms with Crippen LogP contribution in [0.25, 0.3) is 11.1 Å². The van der Waals surface area contributed by atoms with Crippen LogP contribution in [0.15, 0.2) is 66.7 Å². The Morgan fingerprint density at radius 2 is 1.69 bits per heavy atom. The average Bonchev–Trinajstić information content (AvgIpc) is 3.45. The highest BCUT2D eigenvalue weighted by atomic mass is 16.7. The summed E-state index contributed by atoms with van der Waals surface area (Å²) in [6.45, 7) is 0.780. The van der Waals surface area contributed by atoms with Gasteiger partial charge in [0.1, 0.15) is 5.78 Å². The molecule has 0 bridgehead atoms. The highest BCUT2D eigenvalue weighted by Crippen LogP contribution is 2.51. The van der Waals surface area contributed by atoms with Crippen molar-refractivity contribution in [2.45, 2.75) is 31.2 Å². The van der Waals surface area contributed by atoms with E-state index < -0.39 is 0 Å². The molecule has 1 aliphatic carbocycles. The molecule has 1 saturated carbocycles. The zero-order valence-electron chi connectivity index (χ0n) is 16.2. The van der Waals surface area contributed by atoms with E-state index in [4.69, 9.17) is 15.2 Å². The van der Waals surface area contributed by atoms with Gasteiger partial charge < -0.3 is 15.2 Å². The number of hydrogen-bond donors (Lipinski definition) is 1. The fourth-order valence-corrected chi connectivity index (χ4v) is 4.10. The molecule has 3 aromatic carbocycles. The molecule has 29 heavy (non-hydrogen) atoms. The van der Waals surface area contributed by atoms with Crippen LogP contribution in [0.5, 0.6) is 11.5 Å². The third-order valence-electron chi connectivity index (χ3n) is 6.02. The summed E-state index contributed by atoms with van der Waals surface area (Å²) in [4.78, 5) is 13.1. The second-order valence-electron chi connectivity index (χ2n) is 7.85. The maximum absolute atomic E-state index is 13.1. The molecular formula is C25H25NO3. The molecule has 5 rings (SSSR count). The molecule has 148 valence electrons. The molecule has 0 atom stereocenters. The average molecular weight is 387 g/mol. The number of rotatable bonds is 6. The smallest absolute Gasteiger partial charge is 0.231 e. The fraction of sp³-hybridized carbons (Fsp3) is 0.240. The topological polar surface area (TPSA) is 61.6 Å². The first kappa shape index (κ1) is 18.0. The lowest BCUT2D eigenvalue weighted by molar-refractivity contribution is -0.120. The van der Waals surface area contributed by atoms with Gasteiger partial charge in [-0.3, -0.25) is 4.79 Å². The summed E-state index contributed by atoms with van der Waals surface area (Å²) >= 11 is 0. The van der Waals surface area contributed by atoms with Gasteiger partial charge in [-0.2, -0.15) is 0 Å². The van der Waals surface area contributed by atoms with E-state index in [0.29, 0.717) is 13.0 Å². The van der Waals surface area contributed by atoms with Crippen LogP contribution in [0, 0.1) is 0 Å². The SMILES string of the molecule is NCc1cccc(-c2ccc(CC(=O)C3(c4ccc5c(c4)OCO5)CC3)cc2)c1.[HH]. The maximum Gasteiger partial charge on any atom is 0.231 e. The Kier molecular flexibility index (Phi) is 4.36. The molecule has 4 heteroatoms. The standard InChI is InChI=1S/C25H23NO3.H2/c26-15-18-2-1-3-20(12-18)19-6-4-17(5-7-19)13-24(27)25(10-11-25)21-8-9-22-23(14-21)29-16-28-22;/h1-9,12,14H,10-11,13,15-16,26H2;1H. The largest absolute Gasteiger partial charge is 0.454 e. The Morgan fingerprint density at radius 3 is 2.45 bits per heavy atom. The van der Waals surface area contributed by atoms with Crippen LogP contribution >= 0.6 is 0 Å². The van der Waals surface area contributed by atoms with Crippen molar-refractivity contribution in [3.05, 3.63) is 83.4 Å². The molecule has 0 saturated heterocycles. The number of hydrogen-bond acceptors (Lipinski definition) is 4. The van der Waals surface area contributed by atoms with Crippen LogP contribution in [0.2, 0.25) is 0 Å². The molecule has 0 unspecified atom stereocenters. The monoisotopic (exact) mass is 387 g/mol. The number of carbonyl (C=O) groups excluding carboxylic acids is 1. The van der Waals surface area contributed by atoms with E-state index in [9.17, 15) is 4.79 Å². The highest BCUT2D eigenvalue weighted by Gasteiger charge is 2.50. The molecular weight excluding hydrogens is 362 g/mol. The number of ether oxygens (including phenoxy) is 2. The first-order valence-electron chi connectivity index (χ1n) is 10.00. The number of ketones is 1. The van der Waals surface area contributed by atoms with Crippen molar-refractivity contribution in [3.8, 4) is 22.6 Å². The zero-order valence-corrected chi connectivity index (χ0v) is 16.2. The Balaban J connectivity index is 0.00000218. The lowest BCUT2D eigenvalue weighted by Crippen LogP contribution is -2.22. The number of carbonyl (C=O) groups is 1. The van der Waals surface area contributed by atoms with Gasteiger partial charge in [-0.25, -0.2) is 0 Å². The summed E-state index contributed by atoms with van der Waals surface area (Å²) in [6, 6.07) is 22.4. The van der Waals surface area contributed by atoms with Gasteiger partial charge >= 0.3 is 0 Å². The van der Waals surface area contributed by atoms with Gasteiger partial charge in [-0.1, -0.05) is 48.5 Å². The van der Waals surface area contributed by atoms with Crippen molar-refractivity contribution >= 4 is 5.78 Å². The van der Waals surface area contributed by atoms with Crippen LogP contribution in [0.3, 0.4) is 0 Å². The lowest BCUT2D eigenvalue weighted by atomic mass is 9.87. The number of benzene rings is 3. The van der Waals surface area contributed by atoms with E-state index in [1.807, 2.05) is 30.3 Å². The minimum atomic E-state index is -0.366. The minimum Gasteiger partial charge on any atom is -0.454 e. The minimum absolute atomic E-state index is 0. The normalized spacial score (nSPS) is 15.9. The second kappa shape index (κ2) is 7.05.